The van der Waals surface area contributed by atoms with Gasteiger partial charge in [-0.2, -0.15) is 0 Å². The average Bonchev–Trinajstić information content (AvgIpc) is 1.19. The summed E-state index contributed by atoms with van der Waals surface area (Å²) in [5.74, 6) is -6.80. The highest BCUT2D eigenvalue weighted by Gasteiger charge is 2.49. The van der Waals surface area contributed by atoms with Crippen molar-refractivity contribution in [3.05, 3.63) is 71.8 Å². The number of aliphatic hydroxyl groups excluding tert-OH is 4. The molecule has 94 heavy (non-hydrogen) atoms. The Morgan fingerprint density at radius 3 is 2.13 bits per heavy atom. The third-order valence-corrected chi connectivity index (χ3v) is 18.3. The summed E-state index contributed by atoms with van der Waals surface area (Å²) in [6, 6.07) is 8.95. The number of methoxy groups -OCH3 is 3. The van der Waals surface area contributed by atoms with Crippen LogP contribution in [0.25, 0.3) is 0 Å². The van der Waals surface area contributed by atoms with E-state index in [2.05, 4.69) is 21.3 Å². The van der Waals surface area contributed by atoms with Crippen LogP contribution in [-0.2, 0) is 63.9 Å². The first-order valence-electron chi connectivity index (χ1n) is 32.5. The van der Waals surface area contributed by atoms with Gasteiger partial charge in [-0.3, -0.25) is 33.7 Å². The van der Waals surface area contributed by atoms with Crippen molar-refractivity contribution in [2.75, 3.05) is 53.8 Å². The summed E-state index contributed by atoms with van der Waals surface area (Å²) in [6.45, 7) is 14.0. The number of carboxylic acid groups (broad SMARTS) is 1. The van der Waals surface area contributed by atoms with Gasteiger partial charge in [-0.05, 0) is 80.0 Å². The molecule has 2 aliphatic heterocycles. The zero-order chi connectivity index (χ0) is 69.9. The maximum Gasteiger partial charge on any atom is 0.410 e. The first kappa shape index (κ1) is 77.9. The summed E-state index contributed by atoms with van der Waals surface area (Å²) in [7, 11) is 7.37. The van der Waals surface area contributed by atoms with Gasteiger partial charge in [0.05, 0.1) is 60.9 Å². The van der Waals surface area contributed by atoms with E-state index in [1.54, 1.807) is 83.8 Å². The van der Waals surface area contributed by atoms with Gasteiger partial charge < -0.3 is 90.1 Å². The Bertz CT molecular complexity index is 2870. The van der Waals surface area contributed by atoms with Crippen molar-refractivity contribution in [2.45, 2.75) is 217 Å². The molecule has 5 rings (SSSR count). The molecule has 2 saturated heterocycles. The average molecular weight is 1330 g/mol. The summed E-state index contributed by atoms with van der Waals surface area (Å²) in [5, 5.41) is 74.8. The van der Waals surface area contributed by atoms with E-state index in [-0.39, 0.29) is 60.5 Å². The highest BCUT2D eigenvalue weighted by Crippen LogP contribution is 2.34. The predicted molar refractivity (Wildman–Crippen MR) is 344 cm³/mol. The van der Waals surface area contributed by atoms with Gasteiger partial charge in [-0.1, -0.05) is 110 Å². The molecule has 3 aliphatic rings. The smallest absolute Gasteiger partial charge is 0.410 e. The number of hydrogen-bond acceptors (Lipinski definition) is 19. The first-order valence-corrected chi connectivity index (χ1v) is 32.5. The number of likely N-dealkylation sites (N-methyl/N-ethyl adjacent to an activating group) is 2. The minimum atomic E-state index is -2.03. The number of benzene rings is 2. The summed E-state index contributed by atoms with van der Waals surface area (Å²) < 4.78 is 34.4. The van der Waals surface area contributed by atoms with E-state index in [1.165, 1.54) is 51.5 Å². The summed E-state index contributed by atoms with van der Waals surface area (Å²) in [6.07, 6.45) is -6.80. The topological polar surface area (TPSA) is 371 Å². The van der Waals surface area contributed by atoms with Gasteiger partial charge >= 0.3 is 12.1 Å². The normalized spacial score (nSPS) is 24.7. The van der Waals surface area contributed by atoms with E-state index < -0.39 is 151 Å². The fourth-order valence-corrected chi connectivity index (χ4v) is 12.7. The van der Waals surface area contributed by atoms with E-state index in [0.29, 0.717) is 44.2 Å². The summed E-state index contributed by atoms with van der Waals surface area (Å²) in [5.41, 5.74) is -0.722. The lowest BCUT2D eigenvalue weighted by Gasteiger charge is -2.41. The lowest BCUT2D eigenvalue weighted by Crippen LogP contribution is -2.61. The predicted octanol–water partition coefficient (Wildman–Crippen LogP) is 3.56. The van der Waals surface area contributed by atoms with E-state index in [4.69, 9.17) is 28.4 Å². The first-order chi connectivity index (χ1) is 44.4. The van der Waals surface area contributed by atoms with Crippen LogP contribution in [0.1, 0.15) is 137 Å². The number of carbonyl (C=O) groups is 8. The molecule has 526 valence electrons. The van der Waals surface area contributed by atoms with Crippen LogP contribution in [0.5, 0.6) is 5.75 Å². The number of anilines is 1. The zero-order valence-electron chi connectivity index (χ0n) is 56.6. The van der Waals surface area contributed by atoms with Crippen molar-refractivity contribution in [2.24, 2.45) is 23.7 Å². The molecule has 0 spiro atoms. The Kier molecular flexibility index (Phi) is 30.1. The molecule has 7 amide bonds. The van der Waals surface area contributed by atoms with Crippen LogP contribution < -0.4 is 26.0 Å². The molecular weight excluding hydrogens is 1220 g/mol. The number of aliphatic hydroxyl groups is 5. The molecule has 2 aromatic carbocycles. The highest BCUT2D eigenvalue weighted by atomic mass is 16.7. The fourth-order valence-electron chi connectivity index (χ4n) is 12.7. The van der Waals surface area contributed by atoms with Crippen molar-refractivity contribution in [3.8, 4) is 5.75 Å². The van der Waals surface area contributed by atoms with Crippen molar-refractivity contribution >= 4 is 53.2 Å². The Morgan fingerprint density at radius 1 is 0.819 bits per heavy atom. The molecule has 2 heterocycles. The van der Waals surface area contributed by atoms with Crippen LogP contribution in [0.3, 0.4) is 0 Å². The van der Waals surface area contributed by atoms with Crippen molar-refractivity contribution in [1.29, 1.82) is 0 Å². The monoisotopic (exact) mass is 1330 g/mol. The van der Waals surface area contributed by atoms with Gasteiger partial charge in [0.15, 0.2) is 6.10 Å². The highest BCUT2D eigenvalue weighted by molar-refractivity contribution is 5.93. The number of hydrogen-bond donors (Lipinski definition) is 10. The van der Waals surface area contributed by atoms with Gasteiger partial charge in [0.2, 0.25) is 41.7 Å². The minimum absolute atomic E-state index is 0.121. The van der Waals surface area contributed by atoms with Gasteiger partial charge in [0.25, 0.3) is 0 Å². The summed E-state index contributed by atoms with van der Waals surface area (Å²) >= 11 is 0. The zero-order valence-corrected chi connectivity index (χ0v) is 56.6. The number of carboxylic acids is 1. The molecule has 0 unspecified atom stereocenters. The van der Waals surface area contributed by atoms with Gasteiger partial charge in [-0.15, -0.1) is 0 Å². The van der Waals surface area contributed by atoms with Crippen LogP contribution in [0.2, 0.25) is 0 Å². The second-order valence-corrected chi connectivity index (χ2v) is 25.8. The lowest BCUT2D eigenvalue weighted by molar-refractivity contribution is -0.271. The molecule has 0 saturated carbocycles. The maximum atomic E-state index is 14.9. The molecule has 0 radical (unpaired) electrons. The molecule has 17 atom stereocenters. The number of nitrogens with zero attached hydrogens (tertiary/aromatic N) is 3. The standard InChI is InChI=1S/C67H103N7O20/c1-14-39(6)54(47(89-11)34-51(77)74-32-22-25-45(74)59(91-13)40(7)61(82)69-41(8)55(78)43-23-18-17-19-24-43)72(9)63(84)52(37(2)3)71-62(83)53(38(4)5)73(10)66(87)92-36-42-27-28-46(93-65-58(81)56(79)57(80)60(94-65)64(85)86)44(33-42)70-49(75)29-31-68-50(76)35-67(88)30-21-16-15-20-26-48(67)90-12/h17-20,23-24,26-28,33,37-41,45,47-48,52-60,65,78-81,88H,14-16,21-22,25,29-32,34-36H2,1-13H3,(H,68,76)(H,69,82)(H,70,75)(H,71,83)(H,85,86)/b26-20+/t39-,40+,41+,45-,47+,48-,52-,53-,54-,55+,56-,57-,58+,59+,60-,65+,67-/m0/s1. The Labute approximate surface area is 551 Å². The van der Waals surface area contributed by atoms with Crippen LogP contribution in [-0.4, -0.2) is 226 Å². The van der Waals surface area contributed by atoms with Crippen molar-refractivity contribution < 1.29 is 97.4 Å². The molecule has 0 aromatic heterocycles. The largest absolute Gasteiger partial charge is 0.479 e. The Morgan fingerprint density at radius 2 is 1.51 bits per heavy atom. The van der Waals surface area contributed by atoms with Gasteiger partial charge in [0.1, 0.15) is 54.5 Å². The van der Waals surface area contributed by atoms with Crippen LogP contribution >= 0.6 is 0 Å². The lowest BCUT2D eigenvalue weighted by atomic mass is 9.84. The number of nitrogens with one attached hydrogen (secondary N) is 4. The maximum absolute atomic E-state index is 14.9. The van der Waals surface area contributed by atoms with Gasteiger partial charge in [0, 0.05) is 54.9 Å². The molecule has 1 aliphatic carbocycles. The number of likely N-dealkylation sites (tertiary alicyclic amines) is 1. The molecular formula is C67H103N7O20. The second-order valence-electron chi connectivity index (χ2n) is 25.8. The molecule has 0 bridgehead atoms. The molecule has 27 nitrogen and oxygen atoms in total. The van der Waals surface area contributed by atoms with Crippen LogP contribution in [0, 0.1) is 23.7 Å². The second kappa shape index (κ2) is 36.3. The Balaban J connectivity index is 1.27. The SMILES string of the molecule is CC[C@H](C)[C@@H]([C@@H](CC(=O)N1CCC[C@H]1[C@H](OC)[C@@H](C)C(=O)N[C@H](C)[C@@H](O)c1ccccc1)OC)N(C)C(=O)[C@@H](NC(=O)[C@H](C(C)C)N(C)C(=O)OCc1ccc(O[C@@H]2O[C@H](C(=O)O)[C@@H](O)[C@H](O)[C@H]2O)c(NC(=O)CCNC(=O)C[C@@]2(O)CCCC/C=C/[C@@H]2OC)c1)C(C)C. The van der Waals surface area contributed by atoms with Crippen molar-refractivity contribution in [1.82, 2.24) is 30.7 Å². The number of carbonyl (C=O) groups excluding carboxylic acids is 7. The van der Waals surface area contributed by atoms with E-state index >= 15 is 0 Å². The minimum Gasteiger partial charge on any atom is -0.479 e. The number of amides is 7. The quantitative estimate of drug-likeness (QED) is 0.0468. The van der Waals surface area contributed by atoms with Crippen LogP contribution in [0.4, 0.5) is 10.5 Å². The fraction of sp³-hybridized carbons (Fsp3) is 0.672. The third kappa shape index (κ3) is 20.4. The molecule has 2 fully saturated rings. The third-order valence-electron chi connectivity index (χ3n) is 18.3. The summed E-state index contributed by atoms with van der Waals surface area (Å²) in [4.78, 5) is 115. The number of rotatable bonds is 32. The number of allylic oxidation sites excluding steroid dienone is 1. The van der Waals surface area contributed by atoms with Gasteiger partial charge in [-0.25, -0.2) is 9.59 Å². The Hall–Kier alpha value is -6.82. The van der Waals surface area contributed by atoms with E-state index in [9.17, 15) is 69.0 Å². The van der Waals surface area contributed by atoms with Crippen molar-refractivity contribution in [3.63, 3.8) is 0 Å². The molecule has 27 heteroatoms. The molecule has 10 N–H and O–H groups in total. The van der Waals surface area contributed by atoms with E-state index in [0.717, 1.165) is 17.7 Å². The molecule has 2 aromatic rings. The van der Waals surface area contributed by atoms with E-state index in [1.807, 2.05) is 26.0 Å². The number of aliphatic carboxylic acids is 1. The van der Waals surface area contributed by atoms with Crippen LogP contribution in [0.15, 0.2) is 60.7 Å². The number of ether oxygens (including phenoxy) is 6.